The second-order valence-electron chi connectivity index (χ2n) is 4.82. The molecule has 7 heteroatoms. The highest BCUT2D eigenvalue weighted by Crippen LogP contribution is 2.25. The summed E-state index contributed by atoms with van der Waals surface area (Å²) in [6, 6.07) is 8.09. The monoisotopic (exact) mass is 345 g/mol. The molecular weight excluding hydrogens is 330 g/mol. The van der Waals surface area contributed by atoms with Crippen molar-refractivity contribution in [1.82, 2.24) is 4.98 Å². The van der Waals surface area contributed by atoms with Gasteiger partial charge < -0.3 is 15.9 Å². The van der Waals surface area contributed by atoms with Gasteiger partial charge in [-0.1, -0.05) is 17.7 Å². The van der Waals surface area contributed by atoms with Gasteiger partial charge in [-0.3, -0.25) is 9.98 Å². The zero-order valence-electron chi connectivity index (χ0n) is 12.7. The highest BCUT2D eigenvalue weighted by Gasteiger charge is 2.13. The maximum absolute atomic E-state index is 11.3. The van der Waals surface area contributed by atoms with Crippen molar-refractivity contribution in [2.45, 2.75) is 0 Å². The topological polar surface area (TPSA) is 109 Å². The molecule has 0 fully saturated rings. The third kappa shape index (κ3) is 4.18. The van der Waals surface area contributed by atoms with Crippen LogP contribution in [0.5, 0.6) is 0 Å². The maximum Gasteiger partial charge on any atom is 0.337 e. The fourth-order valence-corrected chi connectivity index (χ4v) is 2.26. The molecule has 124 valence electrons. The van der Waals surface area contributed by atoms with Crippen LogP contribution in [-0.4, -0.2) is 40.5 Å². The SMILES string of the molecule is NC(=C(C=NCCO)c1ccc(Cl)c(C(=O)O)c1)c1ccncc1. The van der Waals surface area contributed by atoms with Gasteiger partial charge in [0.1, 0.15) is 0 Å². The number of nitrogens with two attached hydrogens (primary N) is 1. The molecule has 0 aliphatic rings. The summed E-state index contributed by atoms with van der Waals surface area (Å²) in [5, 5.41) is 18.3. The van der Waals surface area contributed by atoms with Crippen molar-refractivity contribution in [2.24, 2.45) is 10.7 Å². The molecule has 0 atom stereocenters. The Morgan fingerprint density at radius 3 is 2.58 bits per heavy atom. The summed E-state index contributed by atoms with van der Waals surface area (Å²) in [5.74, 6) is -1.13. The summed E-state index contributed by atoms with van der Waals surface area (Å²) < 4.78 is 0. The van der Waals surface area contributed by atoms with Gasteiger partial charge >= 0.3 is 5.97 Å². The minimum atomic E-state index is -1.13. The number of carboxylic acid groups (broad SMARTS) is 1. The zero-order valence-corrected chi connectivity index (χ0v) is 13.4. The molecule has 1 aromatic carbocycles. The number of allylic oxidation sites excluding steroid dienone is 1. The highest BCUT2D eigenvalue weighted by molar-refractivity contribution is 6.33. The summed E-state index contributed by atoms with van der Waals surface area (Å²) in [5.41, 5.74) is 8.45. The lowest BCUT2D eigenvalue weighted by molar-refractivity contribution is 0.0697. The van der Waals surface area contributed by atoms with E-state index in [2.05, 4.69) is 9.98 Å². The van der Waals surface area contributed by atoms with E-state index >= 15 is 0 Å². The molecule has 0 bridgehead atoms. The molecular formula is C17H16ClN3O3. The fraction of sp³-hybridized carbons (Fsp3) is 0.118. The van der Waals surface area contributed by atoms with Crippen molar-refractivity contribution < 1.29 is 15.0 Å². The van der Waals surface area contributed by atoms with Crippen molar-refractivity contribution in [1.29, 1.82) is 0 Å². The number of aliphatic hydroxyl groups is 1. The Morgan fingerprint density at radius 2 is 1.96 bits per heavy atom. The van der Waals surface area contributed by atoms with Crippen LogP contribution in [0.4, 0.5) is 0 Å². The van der Waals surface area contributed by atoms with Gasteiger partial charge in [-0.25, -0.2) is 4.79 Å². The Labute approximate surface area is 143 Å². The zero-order chi connectivity index (χ0) is 17.5. The summed E-state index contributed by atoms with van der Waals surface area (Å²) in [7, 11) is 0. The number of pyridine rings is 1. The number of aliphatic imine (C=N–C) groups is 1. The molecule has 2 aromatic rings. The van der Waals surface area contributed by atoms with Gasteiger partial charge in [0, 0.05) is 35.4 Å². The second kappa shape index (κ2) is 8.24. The normalized spacial score (nSPS) is 12.2. The van der Waals surface area contributed by atoms with E-state index < -0.39 is 5.97 Å². The maximum atomic E-state index is 11.3. The summed E-state index contributed by atoms with van der Waals surface area (Å²) in [4.78, 5) is 19.3. The third-order valence-corrected chi connectivity index (χ3v) is 3.57. The van der Waals surface area contributed by atoms with E-state index in [1.165, 1.54) is 18.3 Å². The lowest BCUT2D eigenvalue weighted by atomic mass is 9.99. The van der Waals surface area contributed by atoms with Crippen LogP contribution in [0.25, 0.3) is 11.3 Å². The molecule has 0 saturated heterocycles. The Hall–Kier alpha value is -2.70. The molecule has 0 amide bonds. The smallest absolute Gasteiger partial charge is 0.337 e. The van der Waals surface area contributed by atoms with Crippen LogP contribution in [0, 0.1) is 0 Å². The second-order valence-corrected chi connectivity index (χ2v) is 5.23. The van der Waals surface area contributed by atoms with Gasteiger partial charge in [0.25, 0.3) is 0 Å². The number of hydrogen-bond donors (Lipinski definition) is 3. The quantitative estimate of drug-likeness (QED) is 0.696. The molecule has 1 aromatic heterocycles. The lowest BCUT2D eigenvalue weighted by Crippen LogP contribution is -2.05. The lowest BCUT2D eigenvalue weighted by Gasteiger charge is -2.10. The number of nitrogens with zero attached hydrogens (tertiary/aromatic N) is 2. The van der Waals surface area contributed by atoms with E-state index in [1.807, 2.05) is 0 Å². The van der Waals surface area contributed by atoms with Gasteiger partial charge in [-0.05, 0) is 29.8 Å². The number of carboxylic acids is 1. The molecule has 0 aliphatic carbocycles. The summed E-state index contributed by atoms with van der Waals surface area (Å²) in [6.45, 7) is 0.117. The predicted octanol–water partition coefficient (Wildman–Crippen LogP) is 2.32. The van der Waals surface area contributed by atoms with E-state index in [4.69, 9.17) is 22.4 Å². The molecule has 1 heterocycles. The van der Waals surface area contributed by atoms with Crippen LogP contribution >= 0.6 is 11.6 Å². The molecule has 2 rings (SSSR count). The molecule has 0 saturated carbocycles. The van der Waals surface area contributed by atoms with Crippen molar-refractivity contribution in [2.75, 3.05) is 13.2 Å². The van der Waals surface area contributed by atoms with Gasteiger partial charge in [-0.2, -0.15) is 0 Å². The number of aromatic carboxylic acids is 1. The molecule has 4 N–H and O–H groups in total. The van der Waals surface area contributed by atoms with Crippen LogP contribution in [0.3, 0.4) is 0 Å². The molecule has 0 radical (unpaired) electrons. The van der Waals surface area contributed by atoms with Crippen LogP contribution in [0.15, 0.2) is 47.7 Å². The Kier molecular flexibility index (Phi) is 6.06. The number of aliphatic hydroxyl groups excluding tert-OH is 1. The van der Waals surface area contributed by atoms with Crippen LogP contribution in [0.1, 0.15) is 21.5 Å². The van der Waals surface area contributed by atoms with Crippen LogP contribution in [0.2, 0.25) is 5.02 Å². The summed E-state index contributed by atoms with van der Waals surface area (Å²) >= 11 is 5.92. The standard InChI is InChI=1S/C17H16ClN3O3/c18-15-2-1-12(9-13(15)17(23)24)14(10-21-7-8-22)16(19)11-3-5-20-6-4-11/h1-6,9-10,22H,7-8,19H2,(H,23,24). The van der Waals surface area contributed by atoms with Crippen molar-refractivity contribution in [3.63, 3.8) is 0 Å². The van der Waals surface area contributed by atoms with E-state index in [-0.39, 0.29) is 23.7 Å². The third-order valence-electron chi connectivity index (χ3n) is 3.24. The van der Waals surface area contributed by atoms with E-state index in [9.17, 15) is 9.90 Å². The van der Waals surface area contributed by atoms with Gasteiger partial charge in [0.2, 0.25) is 0 Å². The number of carbonyl (C=O) groups is 1. The molecule has 0 unspecified atom stereocenters. The van der Waals surface area contributed by atoms with Crippen LogP contribution < -0.4 is 5.73 Å². The predicted molar refractivity (Wildman–Crippen MR) is 94.1 cm³/mol. The molecule has 0 spiro atoms. The number of benzene rings is 1. The minimum Gasteiger partial charge on any atom is -0.478 e. The highest BCUT2D eigenvalue weighted by atomic mass is 35.5. The van der Waals surface area contributed by atoms with Crippen LogP contribution in [-0.2, 0) is 0 Å². The Bertz CT molecular complexity index is 789. The van der Waals surface area contributed by atoms with E-state index in [0.717, 1.165) is 5.56 Å². The summed E-state index contributed by atoms with van der Waals surface area (Å²) in [6.07, 6.45) is 4.73. The van der Waals surface area contributed by atoms with Gasteiger partial charge in [-0.15, -0.1) is 0 Å². The number of aromatic nitrogens is 1. The first kappa shape index (κ1) is 17.7. The minimum absolute atomic E-state index is 0.0234. The average molecular weight is 346 g/mol. The van der Waals surface area contributed by atoms with E-state index in [0.29, 0.717) is 16.8 Å². The largest absolute Gasteiger partial charge is 0.478 e. The first-order valence-corrected chi connectivity index (χ1v) is 7.46. The number of rotatable bonds is 6. The first-order chi connectivity index (χ1) is 11.5. The van der Waals surface area contributed by atoms with E-state index in [1.54, 1.807) is 30.6 Å². The van der Waals surface area contributed by atoms with Crippen molar-refractivity contribution in [3.05, 3.63) is 64.4 Å². The Balaban J connectivity index is 2.59. The fourth-order valence-electron chi connectivity index (χ4n) is 2.06. The average Bonchev–Trinajstić information content (AvgIpc) is 2.59. The van der Waals surface area contributed by atoms with Gasteiger partial charge in [0.15, 0.2) is 0 Å². The number of halogens is 1. The number of hydrogen-bond acceptors (Lipinski definition) is 5. The molecule has 0 aliphatic heterocycles. The molecule has 24 heavy (non-hydrogen) atoms. The Morgan fingerprint density at radius 1 is 1.25 bits per heavy atom. The van der Waals surface area contributed by atoms with Gasteiger partial charge in [0.05, 0.1) is 23.7 Å². The molecule has 6 nitrogen and oxygen atoms in total. The first-order valence-electron chi connectivity index (χ1n) is 7.08. The van der Waals surface area contributed by atoms with Crippen molar-refractivity contribution >= 4 is 35.1 Å². The van der Waals surface area contributed by atoms with Crippen molar-refractivity contribution in [3.8, 4) is 0 Å².